The first-order valence-electron chi connectivity index (χ1n) is 10.5. The summed E-state index contributed by atoms with van der Waals surface area (Å²) in [6, 6.07) is 19.8. The number of aromatic nitrogens is 1. The molecule has 0 spiro atoms. The highest BCUT2D eigenvalue weighted by Crippen LogP contribution is 2.27. The highest BCUT2D eigenvalue weighted by molar-refractivity contribution is 7.89. The molecule has 170 valence electrons. The zero-order valence-electron chi connectivity index (χ0n) is 18.7. The van der Waals surface area contributed by atoms with Crippen molar-refractivity contribution in [1.29, 1.82) is 0 Å². The van der Waals surface area contributed by atoms with Crippen molar-refractivity contribution in [1.82, 2.24) is 9.29 Å². The van der Waals surface area contributed by atoms with Crippen molar-refractivity contribution in [3.8, 4) is 0 Å². The van der Waals surface area contributed by atoms with Gasteiger partial charge in [-0.3, -0.25) is 4.79 Å². The number of thiazole rings is 1. The molecule has 0 fully saturated rings. The van der Waals surface area contributed by atoms with E-state index < -0.39 is 15.9 Å². The molecule has 0 aliphatic carbocycles. The Morgan fingerprint density at radius 2 is 1.73 bits per heavy atom. The van der Waals surface area contributed by atoms with Gasteiger partial charge in [-0.15, -0.1) is 11.3 Å². The zero-order chi connectivity index (χ0) is 23.6. The third kappa shape index (κ3) is 5.30. The van der Waals surface area contributed by atoms with Crippen LogP contribution in [0.3, 0.4) is 0 Å². The van der Waals surface area contributed by atoms with E-state index in [1.165, 1.54) is 15.6 Å². The molecule has 8 heteroatoms. The molecule has 1 amide bonds. The molecule has 6 nitrogen and oxygen atoms in total. The van der Waals surface area contributed by atoms with Crippen LogP contribution in [0.15, 0.2) is 71.6 Å². The maximum absolute atomic E-state index is 13.6. The topological polar surface area (TPSA) is 79.4 Å². The van der Waals surface area contributed by atoms with Crippen LogP contribution in [0.25, 0.3) is 10.2 Å². The lowest BCUT2D eigenvalue weighted by Crippen LogP contribution is -2.37. The van der Waals surface area contributed by atoms with Crippen LogP contribution in [0.4, 0.5) is 5.69 Å². The number of hydrogen-bond donors (Lipinski definition) is 1. The van der Waals surface area contributed by atoms with E-state index in [1.54, 1.807) is 18.2 Å². The molecular formula is C25H25N3O3S2. The van der Waals surface area contributed by atoms with Gasteiger partial charge in [0.05, 0.1) is 26.7 Å². The smallest absolute Gasteiger partial charge is 0.243 e. The Kier molecular flexibility index (Phi) is 6.60. The van der Waals surface area contributed by atoms with Gasteiger partial charge in [-0.1, -0.05) is 36.4 Å². The quantitative estimate of drug-likeness (QED) is 0.402. The van der Waals surface area contributed by atoms with Gasteiger partial charge in [0.15, 0.2) is 0 Å². The SMILES string of the molecule is Cc1nc2ccc(S(=O)(=O)N(CC(=O)Nc3ccc(C)c(C)c3)Cc3ccccc3)cc2s1. The standard InChI is InChI=1S/C25H25N3O3S2/c1-17-9-10-21(13-18(17)2)27-25(29)16-28(15-20-7-5-4-6-8-20)33(30,31)22-11-12-23-24(14-22)32-19(3)26-23/h4-14H,15-16H2,1-3H3,(H,27,29). The van der Waals surface area contributed by atoms with Crippen LogP contribution in [-0.4, -0.2) is 30.2 Å². The van der Waals surface area contributed by atoms with Gasteiger partial charge in [0, 0.05) is 12.2 Å². The number of benzene rings is 3. The van der Waals surface area contributed by atoms with Crippen LogP contribution < -0.4 is 5.32 Å². The summed E-state index contributed by atoms with van der Waals surface area (Å²) in [6.45, 7) is 5.63. The van der Waals surface area contributed by atoms with Crippen LogP contribution in [0.5, 0.6) is 0 Å². The average molecular weight is 480 g/mol. The number of nitrogens with one attached hydrogen (secondary N) is 1. The molecule has 0 saturated heterocycles. The molecule has 4 rings (SSSR count). The summed E-state index contributed by atoms with van der Waals surface area (Å²) >= 11 is 1.44. The van der Waals surface area contributed by atoms with E-state index in [1.807, 2.05) is 69.3 Å². The summed E-state index contributed by atoms with van der Waals surface area (Å²) in [5.74, 6) is -0.396. The maximum atomic E-state index is 13.6. The Hall–Kier alpha value is -3.07. The molecule has 0 bridgehead atoms. The Bertz CT molecular complexity index is 1410. The number of anilines is 1. The lowest BCUT2D eigenvalue weighted by molar-refractivity contribution is -0.116. The molecule has 0 saturated carbocycles. The highest BCUT2D eigenvalue weighted by atomic mass is 32.2. The van der Waals surface area contributed by atoms with Crippen LogP contribution in [0, 0.1) is 20.8 Å². The zero-order valence-corrected chi connectivity index (χ0v) is 20.3. The number of hydrogen-bond acceptors (Lipinski definition) is 5. The lowest BCUT2D eigenvalue weighted by atomic mass is 10.1. The van der Waals surface area contributed by atoms with Crippen LogP contribution in [-0.2, 0) is 21.4 Å². The van der Waals surface area contributed by atoms with Crippen molar-refractivity contribution in [3.05, 3.63) is 88.4 Å². The predicted molar refractivity (Wildman–Crippen MR) is 133 cm³/mol. The summed E-state index contributed by atoms with van der Waals surface area (Å²) < 4.78 is 29.2. The number of aryl methyl sites for hydroxylation is 3. The van der Waals surface area contributed by atoms with Crippen molar-refractivity contribution in [2.24, 2.45) is 0 Å². The largest absolute Gasteiger partial charge is 0.325 e. The number of sulfonamides is 1. The molecule has 0 aliphatic heterocycles. The monoisotopic (exact) mass is 479 g/mol. The second kappa shape index (κ2) is 9.43. The first-order valence-corrected chi connectivity index (χ1v) is 12.8. The van der Waals surface area contributed by atoms with E-state index in [2.05, 4.69) is 10.3 Å². The number of nitrogens with zero attached hydrogens (tertiary/aromatic N) is 2. The molecular weight excluding hydrogens is 454 g/mol. The summed E-state index contributed by atoms with van der Waals surface area (Å²) in [4.78, 5) is 17.4. The fourth-order valence-corrected chi connectivity index (χ4v) is 5.87. The van der Waals surface area contributed by atoms with Gasteiger partial charge in [-0.05, 0) is 67.8 Å². The van der Waals surface area contributed by atoms with E-state index >= 15 is 0 Å². The van der Waals surface area contributed by atoms with Crippen molar-refractivity contribution in [2.75, 3.05) is 11.9 Å². The van der Waals surface area contributed by atoms with Crippen LogP contribution >= 0.6 is 11.3 Å². The van der Waals surface area contributed by atoms with Gasteiger partial charge < -0.3 is 5.32 Å². The first-order chi connectivity index (χ1) is 15.7. The van der Waals surface area contributed by atoms with Gasteiger partial charge in [-0.25, -0.2) is 13.4 Å². The second-order valence-electron chi connectivity index (χ2n) is 7.97. The van der Waals surface area contributed by atoms with Crippen molar-refractivity contribution in [2.45, 2.75) is 32.2 Å². The first kappa shape index (κ1) is 23.1. The third-order valence-electron chi connectivity index (χ3n) is 5.42. The number of carbonyl (C=O) groups is 1. The fourth-order valence-electron chi connectivity index (χ4n) is 3.52. The summed E-state index contributed by atoms with van der Waals surface area (Å²) in [6.07, 6.45) is 0. The molecule has 1 N–H and O–H groups in total. The van der Waals surface area contributed by atoms with E-state index in [4.69, 9.17) is 0 Å². The Morgan fingerprint density at radius 1 is 0.970 bits per heavy atom. The summed E-state index contributed by atoms with van der Waals surface area (Å²) in [5.41, 5.74) is 4.37. The van der Waals surface area contributed by atoms with E-state index in [0.29, 0.717) is 5.69 Å². The fraction of sp³-hybridized carbons (Fsp3) is 0.200. The molecule has 1 aromatic heterocycles. The predicted octanol–water partition coefficient (Wildman–Crippen LogP) is 5.05. The lowest BCUT2D eigenvalue weighted by Gasteiger charge is -2.22. The van der Waals surface area contributed by atoms with Gasteiger partial charge in [0.2, 0.25) is 15.9 Å². The summed E-state index contributed by atoms with van der Waals surface area (Å²) in [5, 5.41) is 3.70. The second-order valence-corrected chi connectivity index (χ2v) is 11.1. The molecule has 4 aromatic rings. The summed E-state index contributed by atoms with van der Waals surface area (Å²) in [7, 11) is -3.93. The van der Waals surface area contributed by atoms with Crippen molar-refractivity contribution in [3.63, 3.8) is 0 Å². The van der Waals surface area contributed by atoms with Crippen molar-refractivity contribution < 1.29 is 13.2 Å². The van der Waals surface area contributed by atoms with Crippen molar-refractivity contribution >= 4 is 43.2 Å². The van der Waals surface area contributed by atoms with Gasteiger partial charge in [0.25, 0.3) is 0 Å². The minimum atomic E-state index is -3.93. The number of carbonyl (C=O) groups excluding carboxylic acids is 1. The average Bonchev–Trinajstić information content (AvgIpc) is 3.16. The molecule has 0 radical (unpaired) electrons. The normalized spacial score (nSPS) is 11.8. The molecule has 1 heterocycles. The van der Waals surface area contributed by atoms with E-state index in [0.717, 1.165) is 31.9 Å². The van der Waals surface area contributed by atoms with Crippen LogP contribution in [0.1, 0.15) is 21.7 Å². The number of amides is 1. The molecule has 0 atom stereocenters. The molecule has 0 aliphatic rings. The van der Waals surface area contributed by atoms with Crippen LogP contribution in [0.2, 0.25) is 0 Å². The Labute approximate surface area is 198 Å². The molecule has 0 unspecified atom stereocenters. The van der Waals surface area contributed by atoms with E-state index in [9.17, 15) is 13.2 Å². The van der Waals surface area contributed by atoms with Gasteiger partial charge in [-0.2, -0.15) is 4.31 Å². The Morgan fingerprint density at radius 3 is 2.45 bits per heavy atom. The maximum Gasteiger partial charge on any atom is 0.243 e. The van der Waals surface area contributed by atoms with Gasteiger partial charge in [0.1, 0.15) is 0 Å². The molecule has 3 aromatic carbocycles. The number of rotatable bonds is 7. The molecule has 33 heavy (non-hydrogen) atoms. The highest BCUT2D eigenvalue weighted by Gasteiger charge is 2.27. The minimum Gasteiger partial charge on any atom is -0.325 e. The third-order valence-corrected chi connectivity index (χ3v) is 8.14. The number of fused-ring (bicyclic) bond motifs is 1. The Balaban J connectivity index is 1.64. The van der Waals surface area contributed by atoms with Gasteiger partial charge >= 0.3 is 0 Å². The van der Waals surface area contributed by atoms with E-state index in [-0.39, 0.29) is 18.0 Å². The minimum absolute atomic E-state index is 0.0866.